The van der Waals surface area contributed by atoms with Crippen molar-refractivity contribution in [2.45, 2.75) is 38.1 Å². The van der Waals surface area contributed by atoms with E-state index >= 15 is 0 Å². The number of nitrogens with two attached hydrogens (primary N) is 1. The van der Waals surface area contributed by atoms with Gasteiger partial charge in [-0.2, -0.15) is 0 Å². The van der Waals surface area contributed by atoms with E-state index in [1.807, 2.05) is 54.6 Å². The molecule has 0 bridgehead atoms. The zero-order chi connectivity index (χ0) is 19.9. The van der Waals surface area contributed by atoms with Crippen molar-refractivity contribution >= 4 is 0 Å². The Labute approximate surface area is 167 Å². The van der Waals surface area contributed by atoms with Crippen molar-refractivity contribution < 1.29 is 14.6 Å². The van der Waals surface area contributed by atoms with Crippen molar-refractivity contribution in [2.24, 2.45) is 5.73 Å². The molecule has 0 amide bonds. The average Bonchev–Trinajstić information content (AvgIpc) is 2.74. The third-order valence-corrected chi connectivity index (χ3v) is 5.06. The van der Waals surface area contributed by atoms with Crippen LogP contribution in [0.15, 0.2) is 61.2 Å². The molecule has 150 valence electrons. The summed E-state index contributed by atoms with van der Waals surface area (Å²) in [6.45, 7) is 5.99. The summed E-state index contributed by atoms with van der Waals surface area (Å²) in [7, 11) is 2.07. The van der Waals surface area contributed by atoms with E-state index in [1.54, 1.807) is 0 Å². The van der Waals surface area contributed by atoms with Gasteiger partial charge in [0.25, 0.3) is 0 Å². The molecule has 3 N–H and O–H groups in total. The maximum absolute atomic E-state index is 9.29. The summed E-state index contributed by atoms with van der Waals surface area (Å²) >= 11 is 0. The van der Waals surface area contributed by atoms with Gasteiger partial charge >= 0.3 is 0 Å². The Morgan fingerprint density at radius 2 is 1.71 bits per heavy atom. The Balaban J connectivity index is 1.80. The molecule has 0 saturated carbocycles. The molecule has 3 atom stereocenters. The fraction of sp³-hybridized carbons (Fsp3) is 0.391. The molecule has 0 unspecified atom stereocenters. The van der Waals surface area contributed by atoms with Crippen molar-refractivity contribution in [3.8, 4) is 0 Å². The van der Waals surface area contributed by atoms with Gasteiger partial charge in [0.1, 0.15) is 0 Å². The van der Waals surface area contributed by atoms with E-state index in [0.29, 0.717) is 6.54 Å². The Hall–Kier alpha value is -2.02. The monoisotopic (exact) mass is 382 g/mol. The molecule has 1 heterocycles. The summed E-state index contributed by atoms with van der Waals surface area (Å²) in [5.74, 6) is 0. The normalized spacial score (nSPS) is 22.4. The fourth-order valence-corrected chi connectivity index (χ4v) is 3.49. The molecule has 1 aliphatic rings. The molecule has 0 spiro atoms. The van der Waals surface area contributed by atoms with Gasteiger partial charge < -0.3 is 25.2 Å². The van der Waals surface area contributed by atoms with Crippen LogP contribution >= 0.6 is 0 Å². The van der Waals surface area contributed by atoms with Gasteiger partial charge in [0, 0.05) is 31.6 Å². The predicted octanol–water partition coefficient (Wildman–Crippen LogP) is 3.30. The van der Waals surface area contributed by atoms with E-state index < -0.39 is 6.29 Å². The lowest BCUT2D eigenvalue weighted by atomic mass is 9.99. The number of hydrogen-bond acceptors (Lipinski definition) is 5. The highest BCUT2D eigenvalue weighted by molar-refractivity contribution is 5.26. The second-order valence-corrected chi connectivity index (χ2v) is 7.31. The number of aliphatic hydroxyl groups is 1. The second kappa shape index (κ2) is 9.96. The molecular weight excluding hydrogens is 352 g/mol. The first-order valence-corrected chi connectivity index (χ1v) is 9.72. The molecule has 1 saturated heterocycles. The highest BCUT2D eigenvalue weighted by Crippen LogP contribution is 2.38. The standard InChI is InChI=1S/C23H30N2O3/c1-3-12-25(2)15-21-13-22(19-8-6-18(16-26)7-9-19)28-23(27-21)20-10-4-17(14-24)5-11-20/h3-11,21-23,26H,1,12-16,24H2,2H3/t21-,22+,23+/m1/s1. The Morgan fingerprint density at radius 1 is 1.07 bits per heavy atom. The third-order valence-electron chi connectivity index (χ3n) is 5.06. The van der Waals surface area contributed by atoms with Crippen LogP contribution in [0.1, 0.15) is 41.1 Å². The predicted molar refractivity (Wildman–Crippen MR) is 110 cm³/mol. The molecule has 1 fully saturated rings. The largest absolute Gasteiger partial charge is 0.392 e. The second-order valence-electron chi connectivity index (χ2n) is 7.31. The zero-order valence-corrected chi connectivity index (χ0v) is 16.5. The molecule has 2 aromatic rings. The minimum absolute atomic E-state index is 0.0417. The zero-order valence-electron chi connectivity index (χ0n) is 16.5. The van der Waals surface area contributed by atoms with Crippen LogP contribution in [0.5, 0.6) is 0 Å². The highest BCUT2D eigenvalue weighted by atomic mass is 16.7. The first-order chi connectivity index (χ1) is 13.6. The summed E-state index contributed by atoms with van der Waals surface area (Å²) in [4.78, 5) is 2.20. The van der Waals surface area contributed by atoms with Crippen molar-refractivity contribution in [3.05, 3.63) is 83.4 Å². The maximum atomic E-state index is 9.29. The van der Waals surface area contributed by atoms with Gasteiger partial charge in [-0.15, -0.1) is 6.58 Å². The van der Waals surface area contributed by atoms with Crippen LogP contribution < -0.4 is 5.73 Å². The number of likely N-dealkylation sites (N-methyl/N-ethyl adjacent to an activating group) is 1. The van der Waals surface area contributed by atoms with Crippen LogP contribution in [-0.2, 0) is 22.6 Å². The lowest BCUT2D eigenvalue weighted by Gasteiger charge is -2.37. The van der Waals surface area contributed by atoms with E-state index in [-0.39, 0.29) is 18.8 Å². The van der Waals surface area contributed by atoms with E-state index in [4.69, 9.17) is 15.2 Å². The van der Waals surface area contributed by atoms with Crippen LogP contribution in [-0.4, -0.2) is 36.2 Å². The first kappa shape index (κ1) is 20.7. The lowest BCUT2D eigenvalue weighted by Crippen LogP contribution is -2.37. The summed E-state index contributed by atoms with van der Waals surface area (Å²) < 4.78 is 12.6. The van der Waals surface area contributed by atoms with Crippen molar-refractivity contribution in [2.75, 3.05) is 20.1 Å². The molecular formula is C23H30N2O3. The topological polar surface area (TPSA) is 68.0 Å². The van der Waals surface area contributed by atoms with Gasteiger partial charge in [0.05, 0.1) is 18.8 Å². The molecule has 3 rings (SSSR count). The van der Waals surface area contributed by atoms with Crippen molar-refractivity contribution in [1.82, 2.24) is 4.90 Å². The van der Waals surface area contributed by atoms with E-state index in [9.17, 15) is 5.11 Å². The number of hydrogen-bond donors (Lipinski definition) is 2. The molecule has 1 aliphatic heterocycles. The van der Waals surface area contributed by atoms with Crippen molar-refractivity contribution in [3.63, 3.8) is 0 Å². The third kappa shape index (κ3) is 5.28. The summed E-state index contributed by atoms with van der Waals surface area (Å²) in [6, 6.07) is 16.0. The molecule has 28 heavy (non-hydrogen) atoms. The number of nitrogens with zero attached hydrogens (tertiary/aromatic N) is 1. The SMILES string of the molecule is C=CCN(C)C[C@H]1C[C@@H](c2ccc(CO)cc2)O[C@@H](c2ccc(CN)cc2)O1. The van der Waals surface area contributed by atoms with Crippen molar-refractivity contribution in [1.29, 1.82) is 0 Å². The first-order valence-electron chi connectivity index (χ1n) is 9.72. The number of ether oxygens (including phenoxy) is 2. The summed E-state index contributed by atoms with van der Waals surface area (Å²) in [5, 5.41) is 9.29. The maximum Gasteiger partial charge on any atom is 0.184 e. The van der Waals surface area contributed by atoms with Crippen LogP contribution in [0.4, 0.5) is 0 Å². The quantitative estimate of drug-likeness (QED) is 0.686. The number of benzene rings is 2. The van der Waals surface area contributed by atoms with Gasteiger partial charge in [-0.05, 0) is 23.7 Å². The molecule has 5 heteroatoms. The van der Waals surface area contributed by atoms with Gasteiger partial charge in [-0.3, -0.25) is 0 Å². The highest BCUT2D eigenvalue weighted by Gasteiger charge is 2.32. The smallest absolute Gasteiger partial charge is 0.184 e. The van der Waals surface area contributed by atoms with E-state index in [1.165, 1.54) is 0 Å². The van der Waals surface area contributed by atoms with Gasteiger partial charge in [0.15, 0.2) is 6.29 Å². The minimum atomic E-state index is -0.426. The van der Waals surface area contributed by atoms with Gasteiger partial charge in [-0.25, -0.2) is 0 Å². The Kier molecular flexibility index (Phi) is 7.36. The molecule has 0 radical (unpaired) electrons. The summed E-state index contributed by atoms with van der Waals surface area (Å²) in [5.41, 5.74) is 9.78. The molecule has 5 nitrogen and oxygen atoms in total. The van der Waals surface area contributed by atoms with Crippen LogP contribution in [0.25, 0.3) is 0 Å². The van der Waals surface area contributed by atoms with Crippen LogP contribution in [0, 0.1) is 0 Å². The van der Waals surface area contributed by atoms with Crippen LogP contribution in [0.3, 0.4) is 0 Å². The van der Waals surface area contributed by atoms with E-state index in [2.05, 4.69) is 18.5 Å². The lowest BCUT2D eigenvalue weighted by molar-refractivity contribution is -0.252. The van der Waals surface area contributed by atoms with Crippen LogP contribution in [0.2, 0.25) is 0 Å². The van der Waals surface area contributed by atoms with E-state index in [0.717, 1.165) is 41.8 Å². The average molecular weight is 383 g/mol. The minimum Gasteiger partial charge on any atom is -0.392 e. The van der Waals surface area contributed by atoms with Gasteiger partial charge in [-0.1, -0.05) is 54.6 Å². The molecule has 2 aromatic carbocycles. The summed E-state index contributed by atoms with van der Waals surface area (Å²) in [6.07, 6.45) is 2.22. The Morgan fingerprint density at radius 3 is 2.32 bits per heavy atom. The fourth-order valence-electron chi connectivity index (χ4n) is 3.49. The molecule has 0 aliphatic carbocycles. The van der Waals surface area contributed by atoms with Gasteiger partial charge in [0.2, 0.25) is 0 Å². The molecule has 0 aromatic heterocycles. The number of rotatable bonds is 8. The Bertz CT molecular complexity index is 690. The number of aliphatic hydroxyl groups excluding tert-OH is 1.